The lowest BCUT2D eigenvalue weighted by atomic mass is 9.85. The first-order valence-electron chi connectivity index (χ1n) is 11.8. The number of nitrogens with one attached hydrogen (secondary N) is 2. The Morgan fingerprint density at radius 2 is 2.06 bits per heavy atom. The van der Waals surface area contributed by atoms with Crippen LogP contribution in [0.25, 0.3) is 21.8 Å². The molecule has 0 amide bonds. The van der Waals surface area contributed by atoms with E-state index in [0.717, 1.165) is 31.1 Å². The van der Waals surface area contributed by atoms with E-state index < -0.39 is 5.97 Å². The molecular weight excluding hydrogens is 444 g/mol. The van der Waals surface area contributed by atoms with Crippen molar-refractivity contribution >= 4 is 39.3 Å². The molecule has 1 saturated carbocycles. The first-order valence-corrected chi connectivity index (χ1v) is 11.8. The van der Waals surface area contributed by atoms with Crippen LogP contribution in [0.15, 0.2) is 41.3 Å². The SMILES string of the molecule is CC(C)c1cc2cc(Nc3nn(C4CCCCC4C#N)c4cc[nH]c(=O)c34)ccc2nc1C(=O)O. The molecule has 1 aliphatic rings. The number of anilines is 2. The number of nitriles is 1. The highest BCUT2D eigenvalue weighted by molar-refractivity contribution is 5.95. The molecule has 0 saturated heterocycles. The summed E-state index contributed by atoms with van der Waals surface area (Å²) in [5.41, 5.74) is 2.43. The predicted octanol–water partition coefficient (Wildman–Crippen LogP) is 5.09. The van der Waals surface area contributed by atoms with Crippen molar-refractivity contribution in [1.82, 2.24) is 19.7 Å². The monoisotopic (exact) mass is 470 g/mol. The maximum absolute atomic E-state index is 12.8. The predicted molar refractivity (Wildman–Crippen MR) is 133 cm³/mol. The van der Waals surface area contributed by atoms with Crippen LogP contribution in [0.5, 0.6) is 0 Å². The van der Waals surface area contributed by atoms with Gasteiger partial charge in [-0.3, -0.25) is 9.48 Å². The third-order valence-corrected chi connectivity index (χ3v) is 6.77. The Balaban J connectivity index is 1.59. The molecule has 5 rings (SSSR count). The fraction of sp³-hybridized carbons (Fsp3) is 0.346. The van der Waals surface area contributed by atoms with Gasteiger partial charge in [-0.05, 0) is 54.7 Å². The van der Waals surface area contributed by atoms with Gasteiger partial charge in [0.05, 0.1) is 29.1 Å². The molecule has 2 atom stereocenters. The van der Waals surface area contributed by atoms with Crippen LogP contribution < -0.4 is 10.9 Å². The van der Waals surface area contributed by atoms with E-state index in [-0.39, 0.29) is 29.1 Å². The quantitative estimate of drug-likeness (QED) is 0.369. The highest BCUT2D eigenvalue weighted by Crippen LogP contribution is 2.37. The normalized spacial score (nSPS) is 18.1. The van der Waals surface area contributed by atoms with Gasteiger partial charge < -0.3 is 15.4 Å². The second-order valence-corrected chi connectivity index (χ2v) is 9.37. The van der Waals surface area contributed by atoms with Crippen LogP contribution in [0.3, 0.4) is 0 Å². The number of aromatic amines is 1. The number of hydrogen-bond acceptors (Lipinski definition) is 6. The van der Waals surface area contributed by atoms with E-state index in [0.29, 0.717) is 33.5 Å². The number of H-pyrrole nitrogens is 1. The number of aromatic carboxylic acids is 1. The third-order valence-electron chi connectivity index (χ3n) is 6.77. The van der Waals surface area contributed by atoms with Crippen molar-refractivity contribution in [3.8, 4) is 6.07 Å². The molecule has 35 heavy (non-hydrogen) atoms. The highest BCUT2D eigenvalue weighted by atomic mass is 16.4. The van der Waals surface area contributed by atoms with Crippen molar-refractivity contribution in [2.24, 2.45) is 5.92 Å². The number of nitrogens with zero attached hydrogens (tertiary/aromatic N) is 4. The molecule has 178 valence electrons. The smallest absolute Gasteiger partial charge is 0.354 e. The molecule has 0 radical (unpaired) electrons. The summed E-state index contributed by atoms with van der Waals surface area (Å²) in [6, 6.07) is 11.4. The van der Waals surface area contributed by atoms with Crippen molar-refractivity contribution in [1.29, 1.82) is 5.26 Å². The summed E-state index contributed by atoms with van der Waals surface area (Å²) in [4.78, 5) is 31.6. The van der Waals surface area contributed by atoms with E-state index >= 15 is 0 Å². The summed E-state index contributed by atoms with van der Waals surface area (Å²) < 4.78 is 1.83. The Morgan fingerprint density at radius 3 is 2.80 bits per heavy atom. The number of carbonyl (C=O) groups is 1. The Labute approximate surface area is 201 Å². The maximum Gasteiger partial charge on any atom is 0.354 e. The number of hydrogen-bond donors (Lipinski definition) is 3. The van der Waals surface area contributed by atoms with Gasteiger partial charge in [0.15, 0.2) is 11.5 Å². The number of carboxylic acids is 1. The molecular formula is C26H26N6O3. The molecule has 0 aliphatic heterocycles. The largest absolute Gasteiger partial charge is 0.477 e. The van der Waals surface area contributed by atoms with E-state index in [1.54, 1.807) is 18.3 Å². The van der Waals surface area contributed by atoms with Crippen molar-refractivity contribution in [3.63, 3.8) is 0 Å². The van der Waals surface area contributed by atoms with Crippen LogP contribution >= 0.6 is 0 Å². The van der Waals surface area contributed by atoms with Gasteiger partial charge in [-0.25, -0.2) is 9.78 Å². The number of pyridine rings is 2. The lowest BCUT2D eigenvalue weighted by Gasteiger charge is -2.27. The summed E-state index contributed by atoms with van der Waals surface area (Å²) >= 11 is 0. The van der Waals surface area contributed by atoms with Gasteiger partial charge in [0.1, 0.15) is 5.39 Å². The van der Waals surface area contributed by atoms with E-state index in [1.807, 2.05) is 36.7 Å². The van der Waals surface area contributed by atoms with Crippen LogP contribution in [-0.2, 0) is 0 Å². The fourth-order valence-electron chi connectivity index (χ4n) is 5.01. The van der Waals surface area contributed by atoms with Gasteiger partial charge >= 0.3 is 5.97 Å². The highest BCUT2D eigenvalue weighted by Gasteiger charge is 2.30. The third kappa shape index (κ3) is 4.01. The first kappa shape index (κ1) is 22.6. The summed E-state index contributed by atoms with van der Waals surface area (Å²) in [5, 5.41) is 28.5. The zero-order valence-corrected chi connectivity index (χ0v) is 19.6. The van der Waals surface area contributed by atoms with Crippen LogP contribution in [-0.4, -0.2) is 30.8 Å². The number of fused-ring (bicyclic) bond motifs is 2. The van der Waals surface area contributed by atoms with E-state index in [9.17, 15) is 20.0 Å². The fourth-order valence-corrected chi connectivity index (χ4v) is 5.01. The standard InChI is InChI=1S/C26H26N6O3/c1-14(2)18-12-16-11-17(7-8-19(16)30-23(18)26(34)35)29-24-22-21(9-10-28-25(22)33)32(31-24)20-6-4-3-5-15(20)13-27/h7-12,14-15,20H,3-6H2,1-2H3,(H,28,33)(H,29,31)(H,34,35). The van der Waals surface area contributed by atoms with Crippen molar-refractivity contribution in [2.75, 3.05) is 5.32 Å². The minimum absolute atomic E-state index is 0.00334. The zero-order chi connectivity index (χ0) is 24.7. The van der Waals surface area contributed by atoms with Crippen LogP contribution in [0, 0.1) is 17.2 Å². The van der Waals surface area contributed by atoms with Crippen molar-refractivity contribution < 1.29 is 9.90 Å². The van der Waals surface area contributed by atoms with Crippen LogP contribution in [0.4, 0.5) is 11.5 Å². The van der Waals surface area contributed by atoms with Crippen molar-refractivity contribution in [2.45, 2.75) is 51.5 Å². The molecule has 3 N–H and O–H groups in total. The molecule has 3 aromatic heterocycles. The van der Waals surface area contributed by atoms with E-state index in [4.69, 9.17) is 5.10 Å². The van der Waals surface area contributed by atoms with E-state index in [2.05, 4.69) is 21.4 Å². The molecule has 2 unspecified atom stereocenters. The van der Waals surface area contributed by atoms with Gasteiger partial charge in [-0.15, -0.1) is 0 Å². The molecule has 1 fully saturated rings. The molecule has 9 heteroatoms. The minimum atomic E-state index is -1.05. The summed E-state index contributed by atoms with van der Waals surface area (Å²) in [6.45, 7) is 3.87. The minimum Gasteiger partial charge on any atom is -0.477 e. The van der Waals surface area contributed by atoms with Gasteiger partial charge in [0, 0.05) is 17.3 Å². The molecule has 0 bridgehead atoms. The molecule has 1 aliphatic carbocycles. The first-order chi connectivity index (χ1) is 16.9. The number of aromatic nitrogens is 4. The topological polar surface area (TPSA) is 137 Å². The number of carboxylic acid groups (broad SMARTS) is 1. The summed E-state index contributed by atoms with van der Waals surface area (Å²) in [5.74, 6) is -0.782. The maximum atomic E-state index is 12.8. The molecule has 1 aromatic carbocycles. The molecule has 4 aromatic rings. The van der Waals surface area contributed by atoms with Gasteiger partial charge in [0.25, 0.3) is 5.56 Å². The van der Waals surface area contributed by atoms with Gasteiger partial charge in [-0.2, -0.15) is 10.4 Å². The second-order valence-electron chi connectivity index (χ2n) is 9.37. The van der Waals surface area contributed by atoms with Gasteiger partial charge in [0.2, 0.25) is 0 Å². The van der Waals surface area contributed by atoms with E-state index in [1.165, 1.54) is 0 Å². The van der Waals surface area contributed by atoms with Crippen LogP contribution in [0.1, 0.15) is 67.5 Å². The van der Waals surface area contributed by atoms with Gasteiger partial charge in [-0.1, -0.05) is 26.7 Å². The summed E-state index contributed by atoms with van der Waals surface area (Å²) in [7, 11) is 0. The lowest BCUT2D eigenvalue weighted by Crippen LogP contribution is -2.23. The average Bonchev–Trinajstić information content (AvgIpc) is 3.22. The Kier molecular flexibility index (Phi) is 5.73. The molecule has 3 heterocycles. The zero-order valence-electron chi connectivity index (χ0n) is 19.6. The number of benzene rings is 1. The summed E-state index contributed by atoms with van der Waals surface area (Å²) in [6.07, 6.45) is 5.30. The lowest BCUT2D eigenvalue weighted by molar-refractivity contribution is 0.0689. The Morgan fingerprint density at radius 1 is 1.26 bits per heavy atom. The molecule has 0 spiro atoms. The Hall–Kier alpha value is -4.19. The van der Waals surface area contributed by atoms with Crippen molar-refractivity contribution in [3.05, 3.63) is 58.1 Å². The molecule has 9 nitrogen and oxygen atoms in total. The second kappa shape index (κ2) is 8.87. The van der Waals surface area contributed by atoms with Crippen LogP contribution in [0.2, 0.25) is 0 Å². The average molecular weight is 471 g/mol. The Bertz CT molecular complexity index is 1540. The number of rotatable bonds is 5.